The second kappa shape index (κ2) is 10.2. The molecule has 4 heterocycles. The zero-order valence-corrected chi connectivity index (χ0v) is 18.2. The lowest BCUT2D eigenvalue weighted by Crippen LogP contribution is -2.52. The largest absolute Gasteiger partial charge is 0.454 e. The number of carbonyl (C=O) groups excluding carboxylic acids is 2. The van der Waals surface area contributed by atoms with Crippen LogP contribution in [0.3, 0.4) is 0 Å². The van der Waals surface area contributed by atoms with Gasteiger partial charge in [0.25, 0.3) is 5.91 Å². The first-order chi connectivity index (χ1) is 15.5. The zero-order chi connectivity index (χ0) is 22.5. The first kappa shape index (κ1) is 22.4. The van der Waals surface area contributed by atoms with Gasteiger partial charge in [-0.2, -0.15) is 5.10 Å². The van der Waals surface area contributed by atoms with Crippen LogP contribution in [0, 0.1) is 0 Å². The van der Waals surface area contributed by atoms with Gasteiger partial charge >= 0.3 is 0 Å². The Hall–Kier alpha value is -2.76. The molecule has 2 amide bonds. The fraction of sp³-hybridized carbons (Fsp3) is 0.619. The highest BCUT2D eigenvalue weighted by Crippen LogP contribution is 2.27. The first-order valence-corrected chi connectivity index (χ1v) is 11.0. The summed E-state index contributed by atoms with van der Waals surface area (Å²) < 4.78 is 12.3. The molecule has 2 aliphatic heterocycles. The summed E-state index contributed by atoms with van der Waals surface area (Å²) in [6.45, 7) is 2.95. The minimum absolute atomic E-state index is 0.0763. The SMILES string of the molecule is COCCNC(=O)[C@@H]1C[C@@H](O)CN1C1CCN(C(=O)c2ccc(Cn3cncn3)o2)CC1. The van der Waals surface area contributed by atoms with Gasteiger partial charge in [-0.05, 0) is 31.4 Å². The summed E-state index contributed by atoms with van der Waals surface area (Å²) in [6.07, 6.45) is 4.44. The average molecular weight is 447 g/mol. The van der Waals surface area contributed by atoms with E-state index in [4.69, 9.17) is 9.15 Å². The Morgan fingerprint density at radius 1 is 1.31 bits per heavy atom. The summed E-state index contributed by atoms with van der Waals surface area (Å²) in [7, 11) is 1.59. The summed E-state index contributed by atoms with van der Waals surface area (Å²) in [4.78, 5) is 33.2. The number of nitrogens with zero attached hydrogens (tertiary/aromatic N) is 5. The van der Waals surface area contributed by atoms with Gasteiger partial charge in [-0.25, -0.2) is 9.67 Å². The number of methoxy groups -OCH3 is 1. The molecular weight excluding hydrogens is 416 g/mol. The van der Waals surface area contributed by atoms with Gasteiger partial charge in [0.15, 0.2) is 5.76 Å². The molecule has 32 heavy (non-hydrogen) atoms. The number of aliphatic hydroxyl groups excluding tert-OH is 1. The van der Waals surface area contributed by atoms with Crippen molar-refractivity contribution in [3.05, 3.63) is 36.3 Å². The van der Waals surface area contributed by atoms with Crippen LogP contribution in [0.1, 0.15) is 35.6 Å². The monoisotopic (exact) mass is 446 g/mol. The van der Waals surface area contributed by atoms with Gasteiger partial charge in [0.2, 0.25) is 5.91 Å². The number of piperidine rings is 1. The molecule has 0 bridgehead atoms. The molecule has 2 atom stereocenters. The highest BCUT2D eigenvalue weighted by atomic mass is 16.5. The van der Waals surface area contributed by atoms with E-state index < -0.39 is 6.10 Å². The van der Waals surface area contributed by atoms with Crippen molar-refractivity contribution in [2.45, 2.75) is 44.0 Å². The summed E-state index contributed by atoms with van der Waals surface area (Å²) >= 11 is 0. The van der Waals surface area contributed by atoms with Crippen LogP contribution >= 0.6 is 0 Å². The van der Waals surface area contributed by atoms with Crippen molar-refractivity contribution in [3.8, 4) is 0 Å². The normalized spacial score (nSPS) is 22.4. The Bertz CT molecular complexity index is 892. The number of likely N-dealkylation sites (tertiary alicyclic amines) is 2. The molecule has 2 aliphatic rings. The van der Waals surface area contributed by atoms with Crippen molar-refractivity contribution in [1.29, 1.82) is 0 Å². The fourth-order valence-electron chi connectivity index (χ4n) is 4.50. The molecule has 2 aromatic heterocycles. The van der Waals surface area contributed by atoms with Crippen LogP contribution in [0.2, 0.25) is 0 Å². The highest BCUT2D eigenvalue weighted by molar-refractivity contribution is 5.91. The topological polar surface area (TPSA) is 126 Å². The van der Waals surface area contributed by atoms with Crippen LogP contribution in [-0.2, 0) is 16.1 Å². The molecule has 174 valence electrons. The van der Waals surface area contributed by atoms with Gasteiger partial charge in [0, 0.05) is 39.3 Å². The van der Waals surface area contributed by atoms with Gasteiger partial charge in [0.05, 0.1) is 18.8 Å². The Morgan fingerprint density at radius 3 is 2.84 bits per heavy atom. The van der Waals surface area contributed by atoms with E-state index in [2.05, 4.69) is 20.3 Å². The molecule has 0 spiro atoms. The molecule has 2 saturated heterocycles. The van der Waals surface area contributed by atoms with E-state index in [1.807, 2.05) is 0 Å². The predicted molar refractivity (Wildman–Crippen MR) is 113 cm³/mol. The number of furan rings is 1. The van der Waals surface area contributed by atoms with Crippen LogP contribution in [0.15, 0.2) is 29.2 Å². The second-order valence-electron chi connectivity index (χ2n) is 8.27. The van der Waals surface area contributed by atoms with E-state index in [-0.39, 0.29) is 23.9 Å². The van der Waals surface area contributed by atoms with Gasteiger partial charge in [-0.15, -0.1) is 0 Å². The van der Waals surface area contributed by atoms with Crippen molar-refractivity contribution >= 4 is 11.8 Å². The van der Waals surface area contributed by atoms with Crippen molar-refractivity contribution in [2.24, 2.45) is 0 Å². The smallest absolute Gasteiger partial charge is 0.289 e. The maximum absolute atomic E-state index is 12.9. The molecule has 2 aromatic rings. The number of ether oxygens (including phenoxy) is 1. The Morgan fingerprint density at radius 2 is 2.12 bits per heavy atom. The van der Waals surface area contributed by atoms with E-state index in [9.17, 15) is 14.7 Å². The van der Waals surface area contributed by atoms with E-state index in [0.29, 0.717) is 57.3 Å². The lowest BCUT2D eigenvalue weighted by Gasteiger charge is -2.38. The molecule has 2 N–H and O–H groups in total. The van der Waals surface area contributed by atoms with E-state index in [0.717, 1.165) is 12.8 Å². The van der Waals surface area contributed by atoms with Crippen molar-refractivity contribution in [3.63, 3.8) is 0 Å². The Kier molecular flexibility index (Phi) is 7.18. The van der Waals surface area contributed by atoms with Gasteiger partial charge in [-0.1, -0.05) is 0 Å². The quantitative estimate of drug-likeness (QED) is 0.531. The van der Waals surface area contributed by atoms with Crippen LogP contribution in [0.5, 0.6) is 0 Å². The van der Waals surface area contributed by atoms with Gasteiger partial charge < -0.3 is 24.5 Å². The van der Waals surface area contributed by atoms with Crippen LogP contribution in [0.4, 0.5) is 0 Å². The molecule has 0 radical (unpaired) electrons. The number of β-amino-alcohol motifs (C(OH)–C–C–N with tert-alkyl or cyclic N) is 1. The number of nitrogens with one attached hydrogen (secondary N) is 1. The van der Waals surface area contributed by atoms with E-state index >= 15 is 0 Å². The average Bonchev–Trinajstić information content (AvgIpc) is 3.55. The maximum atomic E-state index is 12.9. The summed E-state index contributed by atoms with van der Waals surface area (Å²) in [5, 5.41) is 17.1. The highest BCUT2D eigenvalue weighted by Gasteiger charge is 2.41. The number of rotatable bonds is 8. The molecule has 0 saturated carbocycles. The van der Waals surface area contributed by atoms with Crippen molar-refractivity contribution < 1.29 is 23.8 Å². The predicted octanol–water partition coefficient (Wildman–Crippen LogP) is -0.278. The molecule has 0 aliphatic carbocycles. The standard InChI is InChI=1S/C21H30N6O5/c1-31-9-6-23-20(29)18-10-16(28)11-27(18)15-4-7-25(8-5-15)21(30)19-3-2-17(32-19)12-26-14-22-13-24-26/h2-3,13-16,18,28H,4-12H2,1H3,(H,23,29)/t16-,18+/m1/s1. The van der Waals surface area contributed by atoms with E-state index in [1.54, 1.807) is 35.2 Å². The third-order valence-corrected chi connectivity index (χ3v) is 6.10. The fourth-order valence-corrected chi connectivity index (χ4v) is 4.50. The lowest BCUT2D eigenvalue weighted by molar-refractivity contribution is -0.126. The molecule has 0 unspecified atom stereocenters. The molecule has 0 aromatic carbocycles. The number of hydrogen-bond acceptors (Lipinski definition) is 8. The number of aliphatic hydroxyl groups is 1. The van der Waals surface area contributed by atoms with E-state index in [1.165, 1.54) is 6.33 Å². The third kappa shape index (κ3) is 5.17. The molecule has 2 fully saturated rings. The molecular formula is C21H30N6O5. The second-order valence-corrected chi connectivity index (χ2v) is 8.27. The Balaban J connectivity index is 1.30. The molecule has 11 nitrogen and oxygen atoms in total. The van der Waals surface area contributed by atoms with Crippen LogP contribution < -0.4 is 5.32 Å². The van der Waals surface area contributed by atoms with Gasteiger partial charge in [-0.3, -0.25) is 14.5 Å². The first-order valence-electron chi connectivity index (χ1n) is 11.0. The molecule has 4 rings (SSSR count). The van der Waals surface area contributed by atoms with Crippen LogP contribution in [-0.4, -0.2) is 99.6 Å². The number of aromatic nitrogens is 3. The zero-order valence-electron chi connectivity index (χ0n) is 18.2. The lowest BCUT2D eigenvalue weighted by atomic mass is 10.0. The number of carbonyl (C=O) groups is 2. The summed E-state index contributed by atoms with van der Waals surface area (Å²) in [5.41, 5.74) is 0. The Labute approximate surface area is 186 Å². The van der Waals surface area contributed by atoms with Crippen LogP contribution in [0.25, 0.3) is 0 Å². The maximum Gasteiger partial charge on any atom is 0.289 e. The third-order valence-electron chi connectivity index (χ3n) is 6.10. The van der Waals surface area contributed by atoms with Crippen molar-refractivity contribution in [2.75, 3.05) is 39.9 Å². The minimum atomic E-state index is -0.514. The molecule has 11 heteroatoms. The van der Waals surface area contributed by atoms with Crippen molar-refractivity contribution in [1.82, 2.24) is 29.9 Å². The number of amides is 2. The summed E-state index contributed by atoms with van der Waals surface area (Å²) in [5.74, 6) is 0.740. The number of hydrogen-bond donors (Lipinski definition) is 2. The minimum Gasteiger partial charge on any atom is -0.454 e. The van der Waals surface area contributed by atoms with Gasteiger partial charge in [0.1, 0.15) is 25.0 Å². The summed E-state index contributed by atoms with van der Waals surface area (Å²) in [6, 6.07) is 3.27.